The largest absolute Gasteiger partial charge is 0.459 e. The molecule has 9 atom stereocenters. The Kier molecular flexibility index (Phi) is 28.9. The number of ether oxygens (including phenoxy) is 2. The molecule has 13 heteroatoms. The third kappa shape index (κ3) is 20.1. The fourth-order valence-corrected chi connectivity index (χ4v) is 20.3. The van der Waals surface area contributed by atoms with Gasteiger partial charge in [-0.1, -0.05) is 127 Å². The van der Waals surface area contributed by atoms with Crippen LogP contribution in [0.15, 0.2) is 48.1 Å². The second-order valence-electron chi connectivity index (χ2n) is 23.2. The van der Waals surface area contributed by atoms with E-state index < -0.39 is 63.3 Å². The SMILES string of the molecule is C=CCC/C=C(\C)C(=O)O[C@@H](C)C[C@@H](C)[C@H](O[Si](CC)(CC)CC)[C@@H](O[Si](CC)(CC)CC)C(=O)C[C@H](C[C@@](C)(O[Si](CC)(CC)CC)/C(C)=C/C(=C)C[C@@H](C)C[C@@H]1O[C@H]1CO)O[Si](C)(C)C(C)(C)C. The van der Waals surface area contributed by atoms with Crippen molar-refractivity contribution in [2.75, 3.05) is 6.61 Å². The van der Waals surface area contributed by atoms with E-state index in [9.17, 15) is 9.90 Å². The van der Waals surface area contributed by atoms with Crippen LogP contribution in [0.5, 0.6) is 0 Å². The van der Waals surface area contributed by atoms with Gasteiger partial charge in [-0.15, -0.1) is 6.58 Å². The summed E-state index contributed by atoms with van der Waals surface area (Å²) in [7, 11) is -9.44. The number of hydrogen-bond donors (Lipinski definition) is 1. The molecule has 1 heterocycles. The van der Waals surface area contributed by atoms with Crippen LogP contribution in [0.25, 0.3) is 0 Å². The van der Waals surface area contributed by atoms with Crippen LogP contribution in [0.3, 0.4) is 0 Å². The molecule has 0 aromatic carbocycles. The van der Waals surface area contributed by atoms with Crippen LogP contribution in [0.4, 0.5) is 0 Å². The molecular formula is C57H110O9Si4. The highest BCUT2D eigenvalue weighted by Crippen LogP contribution is 2.43. The Morgan fingerprint density at radius 2 is 1.26 bits per heavy atom. The molecule has 0 amide bonds. The van der Waals surface area contributed by atoms with Crippen LogP contribution in [0, 0.1) is 11.8 Å². The van der Waals surface area contributed by atoms with Crippen LogP contribution in [-0.4, -0.2) is 99.0 Å². The van der Waals surface area contributed by atoms with E-state index >= 15 is 4.79 Å². The molecule has 1 N–H and O–H groups in total. The number of aliphatic hydroxyl groups excluding tert-OH is 1. The van der Waals surface area contributed by atoms with Crippen LogP contribution >= 0.6 is 0 Å². The number of carbonyl (C=O) groups is 2. The summed E-state index contributed by atoms with van der Waals surface area (Å²) in [6, 6.07) is 8.43. The first-order chi connectivity index (χ1) is 32.6. The minimum absolute atomic E-state index is 0.0281. The molecule has 1 aliphatic rings. The fraction of sp³-hybridized carbons (Fsp3) is 0.825. The highest BCUT2D eigenvalue weighted by atomic mass is 28.4. The van der Waals surface area contributed by atoms with Gasteiger partial charge in [0.1, 0.15) is 12.2 Å². The summed E-state index contributed by atoms with van der Waals surface area (Å²) in [5.41, 5.74) is 1.98. The van der Waals surface area contributed by atoms with Crippen molar-refractivity contribution in [2.24, 2.45) is 11.8 Å². The van der Waals surface area contributed by atoms with Gasteiger partial charge in [0.15, 0.2) is 39.1 Å². The number of esters is 1. The maximum atomic E-state index is 16.0. The number of aliphatic hydroxyl groups is 1. The van der Waals surface area contributed by atoms with Crippen LogP contribution < -0.4 is 0 Å². The van der Waals surface area contributed by atoms with Crippen molar-refractivity contribution in [3.05, 3.63) is 48.1 Å². The first-order valence-corrected chi connectivity index (χ1v) is 38.4. The van der Waals surface area contributed by atoms with Gasteiger partial charge in [0.05, 0.1) is 36.6 Å². The predicted molar refractivity (Wildman–Crippen MR) is 307 cm³/mol. The molecule has 1 rings (SSSR count). The lowest BCUT2D eigenvalue weighted by atomic mass is 9.85. The van der Waals surface area contributed by atoms with E-state index in [4.69, 9.17) is 27.2 Å². The standard InChI is InChI=1S/C57H110O9Si4/c1-23-33-34-35-45(13)55(60)61-48(16)39-46(14)53(64-68(24-2,25-3)26-4)54(65-69(27-5,28-6)29-7)50(59)40-49(63-67(21,22)56(17,18)19)41-57(20,66-70(30-8,31-9)32-10)47(15)37-43(11)36-44(12)38-51-52(42-58)62-51/h23,35,37,44,46,48-49,51-54,58H,1,11,24-34,36,38-42H2,2-10,12-22H3/b45-35+,47-37+/t44-,46-,48+,49-,51+,52+,53+,54+,57-/m1/s1. The average molecular weight is 1050 g/mol. The number of Topliss-reactive ketones (excluding diaryl/α,β-unsaturated/α-hetero) is 1. The van der Waals surface area contributed by atoms with Gasteiger partial charge in [-0.25, -0.2) is 4.79 Å². The molecule has 1 fully saturated rings. The average Bonchev–Trinajstić information content (AvgIpc) is 4.06. The van der Waals surface area contributed by atoms with Gasteiger partial charge in [-0.3, -0.25) is 4.79 Å². The molecule has 0 radical (unpaired) electrons. The van der Waals surface area contributed by atoms with E-state index in [2.05, 4.69) is 143 Å². The summed E-state index contributed by atoms with van der Waals surface area (Å²) in [5.74, 6) is -0.109. The monoisotopic (exact) mass is 1050 g/mol. The zero-order chi connectivity index (χ0) is 53.9. The third-order valence-electron chi connectivity index (χ3n) is 17.0. The van der Waals surface area contributed by atoms with Gasteiger partial charge in [-0.2, -0.15) is 0 Å². The van der Waals surface area contributed by atoms with Gasteiger partial charge < -0.3 is 32.3 Å². The number of rotatable bonds is 38. The molecule has 70 heavy (non-hydrogen) atoms. The summed E-state index contributed by atoms with van der Waals surface area (Å²) in [6.07, 6.45) is 8.29. The summed E-state index contributed by atoms with van der Waals surface area (Å²) in [6.45, 7) is 52.6. The Bertz CT molecular complexity index is 1640. The summed E-state index contributed by atoms with van der Waals surface area (Å²) in [4.78, 5) is 29.4. The molecule has 0 spiro atoms. The third-order valence-corrected chi connectivity index (χ3v) is 35.6. The van der Waals surface area contributed by atoms with Crippen LogP contribution in [0.1, 0.15) is 170 Å². The number of ketones is 1. The lowest BCUT2D eigenvalue weighted by Gasteiger charge is -2.46. The summed E-state index contributed by atoms with van der Waals surface area (Å²) < 4.78 is 42.1. The van der Waals surface area contributed by atoms with Gasteiger partial charge >= 0.3 is 5.97 Å². The molecular weight excluding hydrogens is 941 g/mol. The second kappa shape index (κ2) is 30.3. The van der Waals surface area contributed by atoms with Gasteiger partial charge in [0.2, 0.25) is 0 Å². The molecule has 0 saturated carbocycles. The van der Waals surface area contributed by atoms with E-state index in [1.807, 2.05) is 26.0 Å². The van der Waals surface area contributed by atoms with Crippen LogP contribution in [0.2, 0.25) is 72.5 Å². The molecule has 1 saturated heterocycles. The zero-order valence-electron chi connectivity index (χ0n) is 49.0. The van der Waals surface area contributed by atoms with Gasteiger partial charge in [0, 0.05) is 18.4 Å². The van der Waals surface area contributed by atoms with E-state index in [1.54, 1.807) is 0 Å². The highest BCUT2D eigenvalue weighted by molar-refractivity contribution is 6.75. The first-order valence-electron chi connectivity index (χ1n) is 28.0. The molecule has 0 aliphatic carbocycles. The maximum Gasteiger partial charge on any atom is 0.333 e. The smallest absolute Gasteiger partial charge is 0.333 e. The Morgan fingerprint density at radius 3 is 1.71 bits per heavy atom. The number of hydrogen-bond acceptors (Lipinski definition) is 9. The highest BCUT2D eigenvalue weighted by Gasteiger charge is 2.49. The fourth-order valence-electron chi connectivity index (χ4n) is 10.1. The number of allylic oxidation sites excluding steroid dienone is 4. The topological polar surface area (TPSA) is 113 Å². The lowest BCUT2D eigenvalue weighted by molar-refractivity contribution is -0.146. The minimum atomic E-state index is -2.47. The number of epoxide rings is 1. The zero-order valence-corrected chi connectivity index (χ0v) is 53.0. The normalized spacial score (nSPS) is 20.0. The Balaban J connectivity index is 4.14. The van der Waals surface area contributed by atoms with Crippen molar-refractivity contribution in [1.82, 2.24) is 0 Å². The summed E-state index contributed by atoms with van der Waals surface area (Å²) in [5, 5.41) is 9.49. The van der Waals surface area contributed by atoms with Gasteiger partial charge in [0.25, 0.3) is 0 Å². The van der Waals surface area contributed by atoms with E-state index in [0.29, 0.717) is 24.3 Å². The van der Waals surface area contributed by atoms with Crippen molar-refractivity contribution < 1.29 is 41.9 Å². The molecule has 0 aromatic rings. The molecule has 0 bridgehead atoms. The first kappa shape index (κ1) is 66.7. The minimum Gasteiger partial charge on any atom is -0.459 e. The molecule has 0 unspecified atom stereocenters. The van der Waals surface area contributed by atoms with Gasteiger partial charge in [-0.05, 0) is 150 Å². The maximum absolute atomic E-state index is 16.0. The van der Waals surface area contributed by atoms with Crippen molar-refractivity contribution in [2.45, 2.75) is 284 Å². The molecule has 0 aromatic heterocycles. The van der Waals surface area contributed by atoms with E-state index in [1.165, 1.54) is 0 Å². The lowest BCUT2D eigenvalue weighted by Crippen LogP contribution is -2.56. The Hall–Kier alpha value is -1.27. The number of carbonyl (C=O) groups excluding carboxylic acids is 2. The van der Waals surface area contributed by atoms with Crippen LogP contribution in [-0.2, 0) is 36.8 Å². The van der Waals surface area contributed by atoms with E-state index in [-0.39, 0.29) is 47.9 Å². The number of unbranched alkanes of at least 4 members (excludes halogenated alkanes) is 1. The quantitative estimate of drug-likeness (QED) is 0.0123. The van der Waals surface area contributed by atoms with Crippen molar-refractivity contribution in [3.8, 4) is 0 Å². The predicted octanol–water partition coefficient (Wildman–Crippen LogP) is 15.8. The Labute approximate surface area is 435 Å². The summed E-state index contributed by atoms with van der Waals surface area (Å²) >= 11 is 0. The molecule has 1 aliphatic heterocycles. The molecule has 9 nitrogen and oxygen atoms in total. The molecule has 408 valence electrons. The van der Waals surface area contributed by atoms with E-state index in [0.717, 1.165) is 91.2 Å². The Morgan fingerprint density at radius 1 is 0.743 bits per heavy atom. The van der Waals surface area contributed by atoms with Crippen molar-refractivity contribution in [1.29, 1.82) is 0 Å². The van der Waals surface area contributed by atoms with Crippen molar-refractivity contribution >= 4 is 45.0 Å². The van der Waals surface area contributed by atoms with Crippen molar-refractivity contribution in [3.63, 3.8) is 0 Å². The second-order valence-corrected chi connectivity index (χ2v) is 42.1.